The molecule has 108 valence electrons. The van der Waals surface area contributed by atoms with Crippen molar-refractivity contribution in [3.63, 3.8) is 0 Å². The highest BCUT2D eigenvalue weighted by Gasteiger charge is 2.10. The second-order valence-corrected chi connectivity index (χ2v) is 6.36. The van der Waals surface area contributed by atoms with Crippen LogP contribution >= 0.6 is 15.9 Å². The monoisotopic (exact) mass is 344 g/mol. The molecule has 0 unspecified atom stereocenters. The Morgan fingerprint density at radius 1 is 1.24 bits per heavy atom. The van der Waals surface area contributed by atoms with E-state index in [-0.39, 0.29) is 0 Å². The molecule has 1 aromatic carbocycles. The minimum Gasteiger partial charge on any atom is -0.369 e. The second-order valence-electron chi connectivity index (χ2n) is 5.45. The molecule has 0 spiro atoms. The Labute approximate surface area is 132 Å². The molecule has 4 nitrogen and oxygen atoms in total. The zero-order valence-corrected chi connectivity index (χ0v) is 13.6. The number of aromatic nitrogens is 3. The van der Waals surface area contributed by atoms with Crippen molar-refractivity contribution in [2.45, 2.75) is 26.3 Å². The zero-order chi connectivity index (χ0) is 15.0. The molecule has 0 bridgehead atoms. The number of imidazole rings is 1. The van der Waals surface area contributed by atoms with E-state index in [4.69, 9.17) is 5.73 Å². The number of nitrogens with two attached hydrogens (primary N) is 1. The molecule has 0 aliphatic carbocycles. The average Bonchev–Trinajstić information content (AvgIpc) is 2.75. The van der Waals surface area contributed by atoms with E-state index in [0.29, 0.717) is 18.4 Å². The van der Waals surface area contributed by atoms with Gasteiger partial charge in [-0.3, -0.25) is 4.57 Å². The van der Waals surface area contributed by atoms with Crippen LogP contribution in [0.2, 0.25) is 0 Å². The van der Waals surface area contributed by atoms with Gasteiger partial charge < -0.3 is 5.73 Å². The summed E-state index contributed by atoms with van der Waals surface area (Å²) in [6.45, 7) is 5.06. The summed E-state index contributed by atoms with van der Waals surface area (Å²) in [6, 6.07) is 10.5. The molecule has 5 heteroatoms. The van der Waals surface area contributed by atoms with Crippen molar-refractivity contribution in [1.29, 1.82) is 0 Å². The lowest BCUT2D eigenvalue weighted by molar-refractivity contribution is 0.821. The van der Waals surface area contributed by atoms with Gasteiger partial charge in [0.25, 0.3) is 0 Å². The Balaban J connectivity index is 1.96. The van der Waals surface area contributed by atoms with Crippen molar-refractivity contribution < 1.29 is 0 Å². The summed E-state index contributed by atoms with van der Waals surface area (Å²) in [4.78, 5) is 8.78. The number of rotatable bonds is 3. The van der Waals surface area contributed by atoms with Crippen molar-refractivity contribution in [3.8, 4) is 0 Å². The number of hydrogen-bond acceptors (Lipinski definition) is 3. The molecule has 2 aromatic heterocycles. The molecule has 0 amide bonds. The Morgan fingerprint density at radius 2 is 1.95 bits per heavy atom. The van der Waals surface area contributed by atoms with Gasteiger partial charge in [-0.1, -0.05) is 38.1 Å². The fourth-order valence-electron chi connectivity index (χ4n) is 2.35. The minimum atomic E-state index is 0.489. The molecule has 0 radical (unpaired) electrons. The van der Waals surface area contributed by atoms with Crippen LogP contribution < -0.4 is 5.73 Å². The molecule has 2 heterocycles. The number of hydrogen-bond donors (Lipinski definition) is 1. The second kappa shape index (κ2) is 5.48. The number of pyridine rings is 1. The highest BCUT2D eigenvalue weighted by molar-refractivity contribution is 9.10. The quantitative estimate of drug-likeness (QED) is 0.782. The Morgan fingerprint density at radius 3 is 2.62 bits per heavy atom. The van der Waals surface area contributed by atoms with Gasteiger partial charge in [0.1, 0.15) is 5.52 Å². The van der Waals surface area contributed by atoms with E-state index in [1.165, 1.54) is 11.1 Å². The van der Waals surface area contributed by atoms with Gasteiger partial charge in [0.2, 0.25) is 5.95 Å². The van der Waals surface area contributed by atoms with Crippen LogP contribution in [0.4, 0.5) is 5.95 Å². The maximum absolute atomic E-state index is 6.03. The van der Waals surface area contributed by atoms with Gasteiger partial charge in [-0.05, 0) is 39.0 Å². The van der Waals surface area contributed by atoms with Crippen molar-refractivity contribution in [1.82, 2.24) is 14.5 Å². The Hall–Kier alpha value is -1.88. The lowest BCUT2D eigenvalue weighted by Crippen LogP contribution is -2.05. The number of anilines is 1. The number of halogens is 1. The van der Waals surface area contributed by atoms with Gasteiger partial charge in [-0.2, -0.15) is 0 Å². The van der Waals surface area contributed by atoms with Crippen molar-refractivity contribution in [2.24, 2.45) is 0 Å². The zero-order valence-electron chi connectivity index (χ0n) is 12.0. The molecular weight excluding hydrogens is 328 g/mol. The first-order valence-electron chi connectivity index (χ1n) is 6.90. The number of nitrogen functional groups attached to an aromatic ring is 1. The van der Waals surface area contributed by atoms with Crippen LogP contribution in [0.15, 0.2) is 41.0 Å². The van der Waals surface area contributed by atoms with Crippen LogP contribution in [0.5, 0.6) is 0 Å². The lowest BCUT2D eigenvalue weighted by atomic mass is 10.0. The van der Waals surface area contributed by atoms with Crippen LogP contribution in [0.25, 0.3) is 11.2 Å². The van der Waals surface area contributed by atoms with E-state index in [1.54, 1.807) is 6.20 Å². The maximum atomic E-state index is 6.03. The minimum absolute atomic E-state index is 0.489. The largest absolute Gasteiger partial charge is 0.369 e. The van der Waals surface area contributed by atoms with E-state index < -0.39 is 0 Å². The first kappa shape index (κ1) is 14.1. The van der Waals surface area contributed by atoms with Crippen LogP contribution in [-0.4, -0.2) is 14.5 Å². The molecule has 21 heavy (non-hydrogen) atoms. The van der Waals surface area contributed by atoms with E-state index in [0.717, 1.165) is 15.6 Å². The topological polar surface area (TPSA) is 56.7 Å². The van der Waals surface area contributed by atoms with Gasteiger partial charge in [0, 0.05) is 10.7 Å². The van der Waals surface area contributed by atoms with Gasteiger partial charge >= 0.3 is 0 Å². The average molecular weight is 345 g/mol. The van der Waals surface area contributed by atoms with Crippen LogP contribution in [-0.2, 0) is 6.54 Å². The summed E-state index contributed by atoms with van der Waals surface area (Å²) in [5.74, 6) is 1.03. The summed E-state index contributed by atoms with van der Waals surface area (Å²) in [6.07, 6.45) is 1.77. The predicted octanol–water partition coefficient (Wildman–Crippen LogP) is 3.95. The summed E-state index contributed by atoms with van der Waals surface area (Å²) < 4.78 is 2.84. The first-order chi connectivity index (χ1) is 10.0. The third-order valence-electron chi connectivity index (χ3n) is 3.57. The van der Waals surface area contributed by atoms with Gasteiger partial charge in [0.05, 0.1) is 6.54 Å². The predicted molar refractivity (Wildman–Crippen MR) is 89.3 cm³/mol. The highest BCUT2D eigenvalue weighted by Crippen LogP contribution is 2.21. The summed E-state index contributed by atoms with van der Waals surface area (Å²) in [5.41, 5.74) is 10.2. The number of fused-ring (bicyclic) bond motifs is 1. The molecular formula is C16H17BrN4. The van der Waals surface area contributed by atoms with E-state index in [2.05, 4.69) is 64.0 Å². The molecule has 0 saturated heterocycles. The summed E-state index contributed by atoms with van der Waals surface area (Å²) in [5, 5.41) is 0. The lowest BCUT2D eigenvalue weighted by Gasteiger charge is -2.09. The number of nitrogens with zero attached hydrogens (tertiary/aromatic N) is 3. The van der Waals surface area contributed by atoms with Crippen LogP contribution in [0.1, 0.15) is 30.9 Å². The molecule has 0 saturated carbocycles. The van der Waals surface area contributed by atoms with E-state index in [1.807, 2.05) is 10.6 Å². The van der Waals surface area contributed by atoms with E-state index >= 15 is 0 Å². The standard InChI is InChI=1S/C16H17BrN4/c1-10(2)12-5-3-11(4-6-12)9-21-15-14(20-16(21)18)7-13(17)8-19-15/h3-8,10H,9H2,1-2H3,(H2,18,20). The molecule has 0 aliphatic heterocycles. The van der Waals surface area contributed by atoms with Crippen molar-refractivity contribution in [2.75, 3.05) is 5.73 Å². The Kier molecular flexibility index (Phi) is 3.68. The SMILES string of the molecule is CC(C)c1ccc(Cn2c(N)nc3cc(Br)cnc32)cc1. The fraction of sp³-hybridized carbons (Fsp3) is 0.250. The van der Waals surface area contributed by atoms with Gasteiger partial charge in [-0.25, -0.2) is 9.97 Å². The summed E-state index contributed by atoms with van der Waals surface area (Å²) >= 11 is 3.40. The van der Waals surface area contributed by atoms with Crippen LogP contribution in [0, 0.1) is 0 Å². The summed E-state index contributed by atoms with van der Waals surface area (Å²) in [7, 11) is 0. The third kappa shape index (κ3) is 2.78. The fourth-order valence-corrected chi connectivity index (χ4v) is 2.67. The Bertz CT molecular complexity index is 775. The highest BCUT2D eigenvalue weighted by atomic mass is 79.9. The molecule has 3 rings (SSSR count). The third-order valence-corrected chi connectivity index (χ3v) is 4.00. The van der Waals surface area contributed by atoms with Crippen molar-refractivity contribution in [3.05, 3.63) is 52.1 Å². The normalized spacial score (nSPS) is 11.4. The van der Waals surface area contributed by atoms with Gasteiger partial charge in [0.15, 0.2) is 5.65 Å². The van der Waals surface area contributed by atoms with E-state index in [9.17, 15) is 0 Å². The smallest absolute Gasteiger partial charge is 0.202 e. The molecule has 2 N–H and O–H groups in total. The molecule has 0 aliphatic rings. The first-order valence-corrected chi connectivity index (χ1v) is 7.70. The van der Waals surface area contributed by atoms with Crippen LogP contribution in [0.3, 0.4) is 0 Å². The molecule has 0 fully saturated rings. The van der Waals surface area contributed by atoms with Crippen molar-refractivity contribution >= 4 is 33.0 Å². The maximum Gasteiger partial charge on any atom is 0.202 e. The van der Waals surface area contributed by atoms with Gasteiger partial charge in [-0.15, -0.1) is 0 Å². The molecule has 0 atom stereocenters. The number of benzene rings is 1. The molecule has 3 aromatic rings.